The van der Waals surface area contributed by atoms with Gasteiger partial charge in [-0.2, -0.15) is 0 Å². The number of hydrogen-bond acceptors (Lipinski definition) is 1. The van der Waals surface area contributed by atoms with E-state index in [9.17, 15) is 0 Å². The number of hydrogen-bond donors (Lipinski definition) is 1. The molecule has 6 heteroatoms. The molecule has 2 N–H and O–H groups in total. The van der Waals surface area contributed by atoms with E-state index in [-0.39, 0.29) is 0 Å². The van der Waals surface area contributed by atoms with Crippen molar-refractivity contribution in [2.24, 2.45) is 10.7 Å². The quantitative estimate of drug-likeness (QED) is 0.461. The largest absolute Gasteiger partial charge is 0.369 e. The van der Waals surface area contributed by atoms with Crippen molar-refractivity contribution >= 4 is 52.1 Å². The highest BCUT2D eigenvalue weighted by molar-refractivity contribution is 6.44. The molecule has 0 aliphatic heterocycles. The molecule has 0 aliphatic carbocycles. The third kappa shape index (κ3) is 3.86. The Bertz CT molecular complexity index is 714. The van der Waals surface area contributed by atoms with Gasteiger partial charge < -0.3 is 10.6 Å². The molecule has 0 saturated carbocycles. The third-order valence-electron chi connectivity index (χ3n) is 3.27. The maximum absolute atomic E-state index is 6.12. The highest BCUT2D eigenvalue weighted by Crippen LogP contribution is 2.34. The maximum Gasteiger partial charge on any atom is 0.200 e. The number of halogens is 3. The Morgan fingerprint density at radius 1 is 1.09 bits per heavy atom. The zero-order valence-electron chi connectivity index (χ0n) is 12.3. The van der Waals surface area contributed by atoms with Gasteiger partial charge in [0.05, 0.1) is 20.8 Å². The standard InChI is InChI=1S/C16H16Cl3N3/c1-3-10-5-4-6-11(7-10)22(2)16(20)21-15-9-13(18)12(17)8-14(15)19/h4-9H,3H2,1-2H3,(H2,20,21). The summed E-state index contributed by atoms with van der Waals surface area (Å²) in [5, 5.41) is 1.16. The van der Waals surface area contributed by atoms with Gasteiger partial charge >= 0.3 is 0 Å². The Morgan fingerprint density at radius 2 is 1.77 bits per heavy atom. The number of anilines is 1. The minimum atomic E-state index is 0.313. The number of nitrogens with two attached hydrogens (primary N) is 1. The van der Waals surface area contributed by atoms with Crippen molar-refractivity contribution in [3.05, 3.63) is 57.0 Å². The first-order valence-corrected chi connectivity index (χ1v) is 7.87. The highest BCUT2D eigenvalue weighted by atomic mass is 35.5. The zero-order valence-corrected chi connectivity index (χ0v) is 14.5. The lowest BCUT2D eigenvalue weighted by molar-refractivity contribution is 1.13. The molecule has 3 nitrogen and oxygen atoms in total. The molecular formula is C16H16Cl3N3. The SMILES string of the molecule is CCc1cccc(N(C)C(N)=Nc2cc(Cl)c(Cl)cc2Cl)c1. The van der Waals surface area contributed by atoms with Gasteiger partial charge in [0.15, 0.2) is 0 Å². The molecule has 0 fully saturated rings. The van der Waals surface area contributed by atoms with Gasteiger partial charge in [0.25, 0.3) is 0 Å². The molecular weight excluding hydrogens is 341 g/mol. The normalized spacial score (nSPS) is 11.6. The second kappa shape index (κ2) is 7.23. The summed E-state index contributed by atoms with van der Waals surface area (Å²) >= 11 is 18.0. The smallest absolute Gasteiger partial charge is 0.200 e. The van der Waals surface area contributed by atoms with Crippen LogP contribution in [-0.4, -0.2) is 13.0 Å². The number of nitrogens with zero attached hydrogens (tertiary/aromatic N) is 2. The van der Waals surface area contributed by atoms with E-state index in [1.54, 1.807) is 17.0 Å². The molecule has 0 spiro atoms. The van der Waals surface area contributed by atoms with Gasteiger partial charge in [0.1, 0.15) is 0 Å². The minimum Gasteiger partial charge on any atom is -0.369 e. The van der Waals surface area contributed by atoms with Crippen molar-refractivity contribution in [2.45, 2.75) is 13.3 Å². The molecule has 0 aliphatic rings. The highest BCUT2D eigenvalue weighted by Gasteiger charge is 2.09. The van der Waals surface area contributed by atoms with Gasteiger partial charge in [-0.05, 0) is 36.2 Å². The van der Waals surface area contributed by atoms with Crippen LogP contribution in [0.2, 0.25) is 15.1 Å². The van der Waals surface area contributed by atoms with Gasteiger partial charge in [-0.15, -0.1) is 0 Å². The van der Waals surface area contributed by atoms with E-state index in [2.05, 4.69) is 24.0 Å². The van der Waals surface area contributed by atoms with E-state index in [1.165, 1.54) is 5.56 Å². The molecule has 2 rings (SSSR count). The molecule has 116 valence electrons. The van der Waals surface area contributed by atoms with Crippen LogP contribution in [0.15, 0.2) is 41.4 Å². The fourth-order valence-electron chi connectivity index (χ4n) is 1.91. The van der Waals surface area contributed by atoms with Crippen molar-refractivity contribution < 1.29 is 0 Å². The van der Waals surface area contributed by atoms with Crippen LogP contribution in [0.5, 0.6) is 0 Å². The molecule has 0 heterocycles. The summed E-state index contributed by atoms with van der Waals surface area (Å²) in [6, 6.07) is 11.2. The second-order valence-corrected chi connectivity index (χ2v) is 5.99. The summed E-state index contributed by atoms with van der Waals surface area (Å²) in [6.07, 6.45) is 0.956. The molecule has 0 unspecified atom stereocenters. The summed E-state index contributed by atoms with van der Waals surface area (Å²) in [4.78, 5) is 6.13. The first-order valence-electron chi connectivity index (χ1n) is 6.73. The fraction of sp³-hybridized carbons (Fsp3) is 0.188. The van der Waals surface area contributed by atoms with Crippen LogP contribution >= 0.6 is 34.8 Å². The molecule has 0 bridgehead atoms. The molecule has 0 atom stereocenters. The lowest BCUT2D eigenvalue weighted by Crippen LogP contribution is -2.33. The topological polar surface area (TPSA) is 41.6 Å². The first-order chi connectivity index (χ1) is 10.4. The van der Waals surface area contributed by atoms with Crippen LogP contribution in [0, 0.1) is 0 Å². The molecule has 2 aromatic rings. The van der Waals surface area contributed by atoms with E-state index in [0.717, 1.165) is 12.1 Å². The van der Waals surface area contributed by atoms with Crippen LogP contribution in [0.3, 0.4) is 0 Å². The Morgan fingerprint density at radius 3 is 2.45 bits per heavy atom. The first kappa shape index (κ1) is 16.9. The summed E-state index contributed by atoms with van der Waals surface area (Å²) < 4.78 is 0. The van der Waals surface area contributed by atoms with Gasteiger partial charge in [-0.1, -0.05) is 53.9 Å². The fourth-order valence-corrected chi connectivity index (χ4v) is 2.50. The van der Waals surface area contributed by atoms with E-state index in [4.69, 9.17) is 40.5 Å². The van der Waals surface area contributed by atoms with Crippen molar-refractivity contribution in [3.8, 4) is 0 Å². The lowest BCUT2D eigenvalue weighted by Gasteiger charge is -2.19. The number of rotatable bonds is 3. The third-order valence-corrected chi connectivity index (χ3v) is 4.30. The Kier molecular flexibility index (Phi) is 5.57. The average Bonchev–Trinajstić information content (AvgIpc) is 2.51. The monoisotopic (exact) mass is 355 g/mol. The van der Waals surface area contributed by atoms with Gasteiger partial charge in [-0.3, -0.25) is 0 Å². The Labute approximate surface area is 145 Å². The van der Waals surface area contributed by atoms with Crippen LogP contribution in [0.1, 0.15) is 12.5 Å². The molecule has 0 amide bonds. The molecule has 0 saturated heterocycles. The predicted molar refractivity (Wildman–Crippen MR) is 97.0 cm³/mol. The van der Waals surface area contributed by atoms with Crippen LogP contribution in [-0.2, 0) is 6.42 Å². The van der Waals surface area contributed by atoms with Crippen LogP contribution in [0.25, 0.3) is 0 Å². The van der Waals surface area contributed by atoms with Crippen molar-refractivity contribution in [1.82, 2.24) is 0 Å². The number of aryl methyl sites for hydroxylation is 1. The summed E-state index contributed by atoms with van der Waals surface area (Å²) in [5.74, 6) is 0.313. The average molecular weight is 357 g/mol. The van der Waals surface area contributed by atoms with E-state index in [1.807, 2.05) is 19.2 Å². The Balaban J connectivity index is 2.33. The number of guanidine groups is 1. The Hall–Kier alpha value is -1.42. The number of benzene rings is 2. The molecule has 0 aromatic heterocycles. The van der Waals surface area contributed by atoms with Crippen molar-refractivity contribution in [2.75, 3.05) is 11.9 Å². The van der Waals surface area contributed by atoms with Gasteiger partial charge in [0.2, 0.25) is 5.96 Å². The minimum absolute atomic E-state index is 0.313. The van der Waals surface area contributed by atoms with Gasteiger partial charge in [-0.25, -0.2) is 4.99 Å². The van der Waals surface area contributed by atoms with E-state index >= 15 is 0 Å². The van der Waals surface area contributed by atoms with Gasteiger partial charge in [0, 0.05) is 12.7 Å². The zero-order chi connectivity index (χ0) is 16.3. The van der Waals surface area contributed by atoms with E-state index < -0.39 is 0 Å². The van der Waals surface area contributed by atoms with Crippen molar-refractivity contribution in [1.29, 1.82) is 0 Å². The number of aliphatic imine (C=N–C) groups is 1. The predicted octanol–water partition coefficient (Wildman–Crippen LogP) is 5.29. The molecule has 22 heavy (non-hydrogen) atoms. The molecule has 0 radical (unpaired) electrons. The van der Waals surface area contributed by atoms with Crippen LogP contribution in [0.4, 0.5) is 11.4 Å². The summed E-state index contributed by atoms with van der Waals surface area (Å²) in [7, 11) is 1.85. The van der Waals surface area contributed by atoms with E-state index in [0.29, 0.717) is 26.7 Å². The second-order valence-electron chi connectivity index (χ2n) is 4.77. The lowest BCUT2D eigenvalue weighted by atomic mass is 10.1. The summed E-state index contributed by atoms with van der Waals surface area (Å²) in [6.45, 7) is 2.10. The van der Waals surface area contributed by atoms with Crippen molar-refractivity contribution in [3.63, 3.8) is 0 Å². The molecule has 2 aromatic carbocycles. The maximum atomic E-state index is 6.12. The van der Waals surface area contributed by atoms with Crippen LogP contribution < -0.4 is 10.6 Å². The summed E-state index contributed by atoms with van der Waals surface area (Å²) in [5.41, 5.74) is 8.73.